The average molecular weight is 242 g/mol. The number of hydrogen-bond acceptors (Lipinski definition) is 3. The number of thioether (sulfide) groups is 1. The zero-order valence-corrected chi connectivity index (χ0v) is 10.4. The van der Waals surface area contributed by atoms with Crippen molar-refractivity contribution in [1.29, 1.82) is 0 Å². The highest BCUT2D eigenvalue weighted by atomic mass is 32.2. The minimum Gasteiger partial charge on any atom is -0.468 e. The molecule has 0 bridgehead atoms. The van der Waals surface area contributed by atoms with E-state index in [1.807, 2.05) is 6.92 Å². The topological polar surface area (TPSA) is 26.3 Å². The molecule has 0 aliphatic heterocycles. The second-order valence-corrected chi connectivity index (χ2v) is 5.15. The summed E-state index contributed by atoms with van der Waals surface area (Å²) in [5, 5.41) is -0.366. The van der Waals surface area contributed by atoms with Gasteiger partial charge >= 0.3 is 5.97 Å². The first-order valence-electron chi connectivity index (χ1n) is 5.04. The standard InChI is InChI=1S/C12H15FO2S/c1-8(16-9(2)12(14)15-3)10-6-4-5-7-11(10)13/h4-9H,1-3H3. The lowest BCUT2D eigenvalue weighted by Crippen LogP contribution is -2.16. The Balaban J connectivity index is 2.69. The van der Waals surface area contributed by atoms with E-state index in [-0.39, 0.29) is 22.3 Å². The Labute approximate surface area is 99.2 Å². The van der Waals surface area contributed by atoms with Gasteiger partial charge in [0, 0.05) is 10.8 Å². The van der Waals surface area contributed by atoms with E-state index in [4.69, 9.17) is 0 Å². The van der Waals surface area contributed by atoms with Crippen LogP contribution >= 0.6 is 11.8 Å². The van der Waals surface area contributed by atoms with Crippen LogP contribution in [0.3, 0.4) is 0 Å². The second kappa shape index (κ2) is 5.89. The molecule has 0 aliphatic rings. The van der Waals surface area contributed by atoms with Crippen molar-refractivity contribution in [2.24, 2.45) is 0 Å². The van der Waals surface area contributed by atoms with E-state index >= 15 is 0 Å². The van der Waals surface area contributed by atoms with Crippen LogP contribution in [0.5, 0.6) is 0 Å². The maximum absolute atomic E-state index is 13.4. The van der Waals surface area contributed by atoms with Gasteiger partial charge in [-0.1, -0.05) is 18.2 Å². The average Bonchev–Trinajstić information content (AvgIpc) is 2.28. The molecule has 0 N–H and O–H groups in total. The highest BCUT2D eigenvalue weighted by Gasteiger charge is 2.19. The Morgan fingerprint density at radius 1 is 1.38 bits per heavy atom. The zero-order chi connectivity index (χ0) is 12.1. The molecule has 1 aromatic rings. The Kier molecular flexibility index (Phi) is 4.80. The largest absolute Gasteiger partial charge is 0.468 e. The van der Waals surface area contributed by atoms with Gasteiger partial charge < -0.3 is 4.74 Å². The second-order valence-electron chi connectivity index (χ2n) is 3.47. The van der Waals surface area contributed by atoms with E-state index in [1.165, 1.54) is 24.9 Å². The van der Waals surface area contributed by atoms with E-state index in [1.54, 1.807) is 25.1 Å². The van der Waals surface area contributed by atoms with Gasteiger partial charge in [0.1, 0.15) is 11.1 Å². The van der Waals surface area contributed by atoms with Gasteiger partial charge in [0.05, 0.1) is 7.11 Å². The SMILES string of the molecule is COC(=O)C(C)SC(C)c1ccccc1F. The summed E-state index contributed by atoms with van der Waals surface area (Å²) in [4.78, 5) is 11.2. The highest BCUT2D eigenvalue weighted by molar-refractivity contribution is 8.00. The summed E-state index contributed by atoms with van der Waals surface area (Å²) in [7, 11) is 1.35. The molecule has 1 aromatic carbocycles. The molecule has 0 aromatic heterocycles. The molecule has 0 saturated carbocycles. The molecule has 2 unspecified atom stereocenters. The normalized spacial score (nSPS) is 14.2. The monoisotopic (exact) mass is 242 g/mol. The van der Waals surface area contributed by atoms with Crippen molar-refractivity contribution in [3.63, 3.8) is 0 Å². The molecule has 1 rings (SSSR count). The Bertz CT molecular complexity index is 368. The molecule has 0 amide bonds. The van der Waals surface area contributed by atoms with Gasteiger partial charge in [-0.25, -0.2) is 4.39 Å². The van der Waals surface area contributed by atoms with Crippen molar-refractivity contribution in [1.82, 2.24) is 0 Å². The number of rotatable bonds is 4. The van der Waals surface area contributed by atoms with Gasteiger partial charge in [0.15, 0.2) is 0 Å². The van der Waals surface area contributed by atoms with Gasteiger partial charge in [-0.05, 0) is 19.9 Å². The van der Waals surface area contributed by atoms with Crippen molar-refractivity contribution < 1.29 is 13.9 Å². The predicted molar refractivity (Wildman–Crippen MR) is 63.9 cm³/mol. The number of ether oxygens (including phenoxy) is 1. The summed E-state index contributed by atoms with van der Waals surface area (Å²) in [6, 6.07) is 6.60. The summed E-state index contributed by atoms with van der Waals surface area (Å²) in [6.07, 6.45) is 0. The van der Waals surface area contributed by atoms with Crippen LogP contribution < -0.4 is 0 Å². The van der Waals surface area contributed by atoms with Crippen molar-refractivity contribution in [2.75, 3.05) is 7.11 Å². The maximum Gasteiger partial charge on any atom is 0.318 e. The summed E-state index contributed by atoms with van der Waals surface area (Å²) in [5.41, 5.74) is 0.614. The summed E-state index contributed by atoms with van der Waals surface area (Å²) in [6.45, 7) is 3.64. The van der Waals surface area contributed by atoms with Gasteiger partial charge in [-0.15, -0.1) is 11.8 Å². The maximum atomic E-state index is 13.4. The highest BCUT2D eigenvalue weighted by Crippen LogP contribution is 2.33. The van der Waals surface area contributed by atoms with Crippen LogP contribution in [0.2, 0.25) is 0 Å². The van der Waals surface area contributed by atoms with Gasteiger partial charge in [0.25, 0.3) is 0 Å². The Morgan fingerprint density at radius 3 is 2.56 bits per heavy atom. The molecule has 0 aliphatic carbocycles. The van der Waals surface area contributed by atoms with E-state index < -0.39 is 0 Å². The Hall–Kier alpha value is -1.03. The molecular weight excluding hydrogens is 227 g/mol. The number of benzene rings is 1. The van der Waals surface area contributed by atoms with Gasteiger partial charge in [-0.3, -0.25) is 4.79 Å². The molecule has 0 heterocycles. The van der Waals surface area contributed by atoms with Crippen molar-refractivity contribution in [3.05, 3.63) is 35.6 Å². The lowest BCUT2D eigenvalue weighted by Gasteiger charge is -2.16. The first-order valence-corrected chi connectivity index (χ1v) is 5.98. The Morgan fingerprint density at radius 2 is 2.00 bits per heavy atom. The van der Waals surface area contributed by atoms with Crippen LogP contribution in [-0.2, 0) is 9.53 Å². The van der Waals surface area contributed by atoms with Crippen LogP contribution in [0.15, 0.2) is 24.3 Å². The minimum absolute atomic E-state index is 0.0738. The molecule has 0 fully saturated rings. The fourth-order valence-corrected chi connectivity index (χ4v) is 2.56. The lowest BCUT2D eigenvalue weighted by atomic mass is 10.1. The zero-order valence-electron chi connectivity index (χ0n) is 9.57. The number of carbonyl (C=O) groups is 1. The minimum atomic E-state index is -0.292. The molecule has 2 nitrogen and oxygen atoms in total. The first kappa shape index (κ1) is 13.0. The first-order chi connectivity index (χ1) is 7.56. The molecule has 4 heteroatoms. The van der Waals surface area contributed by atoms with Gasteiger partial charge in [-0.2, -0.15) is 0 Å². The molecule has 0 saturated heterocycles. The fourth-order valence-electron chi connectivity index (χ4n) is 1.41. The fraction of sp³-hybridized carbons (Fsp3) is 0.417. The van der Waals surface area contributed by atoms with E-state index in [9.17, 15) is 9.18 Å². The molecule has 16 heavy (non-hydrogen) atoms. The van der Waals surface area contributed by atoms with Crippen LogP contribution in [0.4, 0.5) is 4.39 Å². The van der Waals surface area contributed by atoms with Crippen LogP contribution in [0, 0.1) is 5.82 Å². The third-order valence-corrected chi connectivity index (χ3v) is 3.55. The number of carbonyl (C=O) groups excluding carboxylic acids is 1. The third-order valence-electron chi connectivity index (χ3n) is 2.28. The van der Waals surface area contributed by atoms with E-state index in [0.717, 1.165) is 0 Å². The van der Waals surface area contributed by atoms with Crippen LogP contribution in [0.1, 0.15) is 24.7 Å². The quantitative estimate of drug-likeness (QED) is 0.758. The number of methoxy groups -OCH3 is 1. The number of hydrogen-bond donors (Lipinski definition) is 0. The summed E-state index contributed by atoms with van der Waals surface area (Å²) in [5.74, 6) is -0.521. The van der Waals surface area contributed by atoms with E-state index in [0.29, 0.717) is 5.56 Å². The molecule has 88 valence electrons. The van der Waals surface area contributed by atoms with Crippen molar-refractivity contribution in [3.8, 4) is 0 Å². The molecule has 0 spiro atoms. The predicted octanol–water partition coefficient (Wildman–Crippen LogP) is 3.18. The smallest absolute Gasteiger partial charge is 0.318 e. The lowest BCUT2D eigenvalue weighted by molar-refractivity contribution is -0.139. The summed E-state index contributed by atoms with van der Waals surface area (Å²) < 4.78 is 18.1. The van der Waals surface area contributed by atoms with Crippen LogP contribution in [0.25, 0.3) is 0 Å². The van der Waals surface area contributed by atoms with E-state index in [2.05, 4.69) is 4.74 Å². The molecular formula is C12H15FO2S. The van der Waals surface area contributed by atoms with Crippen molar-refractivity contribution >= 4 is 17.7 Å². The van der Waals surface area contributed by atoms with Crippen molar-refractivity contribution in [2.45, 2.75) is 24.3 Å². The molecule has 2 atom stereocenters. The number of halogens is 1. The van der Waals surface area contributed by atoms with Gasteiger partial charge in [0.2, 0.25) is 0 Å². The van der Waals surface area contributed by atoms with Crippen LogP contribution in [-0.4, -0.2) is 18.3 Å². The summed E-state index contributed by atoms with van der Waals surface area (Å²) >= 11 is 1.38. The number of esters is 1. The third kappa shape index (κ3) is 3.23. The molecule has 0 radical (unpaired) electrons.